The minimum absolute atomic E-state index is 0.0418. The number of aliphatic carboxylic acids is 1. The molecule has 1 N–H and O–H groups in total. The molecule has 13 heavy (non-hydrogen) atoms. The van der Waals surface area contributed by atoms with E-state index in [-0.39, 0.29) is 12.0 Å². The Morgan fingerprint density at radius 2 is 2.31 bits per heavy atom. The molecule has 0 bridgehead atoms. The fourth-order valence-corrected chi connectivity index (χ4v) is 1.84. The Kier molecular flexibility index (Phi) is 3.72. The molecule has 76 valence electrons. The van der Waals surface area contributed by atoms with Gasteiger partial charge in [0.1, 0.15) is 0 Å². The van der Waals surface area contributed by atoms with Crippen molar-refractivity contribution in [2.24, 2.45) is 11.8 Å². The van der Waals surface area contributed by atoms with Gasteiger partial charge in [-0.1, -0.05) is 13.8 Å². The Morgan fingerprint density at radius 3 is 2.69 bits per heavy atom. The molecule has 3 nitrogen and oxygen atoms in total. The molecule has 0 amide bonds. The lowest BCUT2D eigenvalue weighted by molar-refractivity contribution is -0.147. The van der Waals surface area contributed by atoms with E-state index in [0.717, 1.165) is 25.9 Å². The van der Waals surface area contributed by atoms with Crippen LogP contribution in [-0.2, 0) is 9.53 Å². The average molecular weight is 186 g/mol. The number of carbonyl (C=O) groups is 1. The van der Waals surface area contributed by atoms with Crippen molar-refractivity contribution in [2.45, 2.75) is 39.2 Å². The van der Waals surface area contributed by atoms with Gasteiger partial charge in [0.05, 0.1) is 12.0 Å². The van der Waals surface area contributed by atoms with Gasteiger partial charge in [-0.2, -0.15) is 0 Å². The molecule has 0 saturated carbocycles. The first-order valence-corrected chi connectivity index (χ1v) is 4.95. The zero-order valence-corrected chi connectivity index (χ0v) is 8.32. The molecule has 1 aliphatic heterocycles. The molecule has 0 aromatic rings. The van der Waals surface area contributed by atoms with E-state index >= 15 is 0 Å². The Hall–Kier alpha value is -0.570. The summed E-state index contributed by atoms with van der Waals surface area (Å²) < 4.78 is 5.40. The molecule has 0 aromatic heterocycles. The van der Waals surface area contributed by atoms with Crippen LogP contribution in [0, 0.1) is 11.8 Å². The SMILES string of the molecule is CC(C)CC(C(=O)O)C1CCCO1. The van der Waals surface area contributed by atoms with Crippen molar-refractivity contribution >= 4 is 5.97 Å². The molecular formula is C10H18O3. The Balaban J connectivity index is 2.50. The van der Waals surface area contributed by atoms with E-state index in [1.165, 1.54) is 0 Å². The summed E-state index contributed by atoms with van der Waals surface area (Å²) >= 11 is 0. The summed E-state index contributed by atoms with van der Waals surface area (Å²) in [6.07, 6.45) is 2.59. The van der Waals surface area contributed by atoms with Crippen LogP contribution in [0.2, 0.25) is 0 Å². The molecule has 3 heteroatoms. The highest BCUT2D eigenvalue weighted by Crippen LogP contribution is 2.25. The zero-order valence-electron chi connectivity index (χ0n) is 8.32. The molecular weight excluding hydrogens is 168 g/mol. The van der Waals surface area contributed by atoms with Crippen molar-refractivity contribution in [3.63, 3.8) is 0 Å². The highest BCUT2D eigenvalue weighted by atomic mass is 16.5. The van der Waals surface area contributed by atoms with Crippen LogP contribution in [0.3, 0.4) is 0 Å². The van der Waals surface area contributed by atoms with Crippen LogP contribution in [0.15, 0.2) is 0 Å². The molecule has 1 rings (SSSR count). The van der Waals surface area contributed by atoms with Crippen LogP contribution in [0.4, 0.5) is 0 Å². The summed E-state index contributed by atoms with van der Waals surface area (Å²) in [6.45, 7) is 4.82. The summed E-state index contributed by atoms with van der Waals surface area (Å²) in [6, 6.07) is 0. The number of hydrogen-bond acceptors (Lipinski definition) is 2. The highest BCUT2D eigenvalue weighted by molar-refractivity contribution is 5.70. The fraction of sp³-hybridized carbons (Fsp3) is 0.900. The summed E-state index contributed by atoms with van der Waals surface area (Å²) in [7, 11) is 0. The first kappa shape index (κ1) is 10.5. The average Bonchev–Trinajstić information content (AvgIpc) is 2.50. The van der Waals surface area contributed by atoms with E-state index < -0.39 is 5.97 Å². The second kappa shape index (κ2) is 4.61. The second-order valence-electron chi connectivity index (χ2n) is 4.13. The summed E-state index contributed by atoms with van der Waals surface area (Å²) in [4.78, 5) is 10.9. The smallest absolute Gasteiger partial charge is 0.309 e. The third-order valence-corrected chi connectivity index (χ3v) is 2.46. The Bertz CT molecular complexity index is 171. The largest absolute Gasteiger partial charge is 0.481 e. The molecule has 1 aliphatic rings. The quantitative estimate of drug-likeness (QED) is 0.729. The monoisotopic (exact) mass is 186 g/mol. The molecule has 2 atom stereocenters. The van der Waals surface area contributed by atoms with Crippen molar-refractivity contribution in [3.8, 4) is 0 Å². The van der Waals surface area contributed by atoms with Crippen LogP contribution >= 0.6 is 0 Å². The van der Waals surface area contributed by atoms with E-state index in [0.29, 0.717) is 5.92 Å². The van der Waals surface area contributed by atoms with Gasteiger partial charge in [0.2, 0.25) is 0 Å². The minimum Gasteiger partial charge on any atom is -0.481 e. The van der Waals surface area contributed by atoms with Gasteiger partial charge in [0.25, 0.3) is 0 Å². The van der Waals surface area contributed by atoms with Crippen molar-refractivity contribution < 1.29 is 14.6 Å². The Morgan fingerprint density at radius 1 is 1.62 bits per heavy atom. The molecule has 0 aliphatic carbocycles. The van der Waals surface area contributed by atoms with Gasteiger partial charge in [-0.05, 0) is 25.2 Å². The standard InChI is InChI=1S/C10H18O3/c1-7(2)6-8(10(11)12)9-4-3-5-13-9/h7-9H,3-6H2,1-2H3,(H,11,12). The lowest BCUT2D eigenvalue weighted by atomic mass is 9.91. The molecule has 2 unspecified atom stereocenters. The molecule has 0 spiro atoms. The minimum atomic E-state index is -0.708. The lowest BCUT2D eigenvalue weighted by Crippen LogP contribution is -2.28. The van der Waals surface area contributed by atoms with Crippen LogP contribution in [0.5, 0.6) is 0 Å². The van der Waals surface area contributed by atoms with Crippen LogP contribution in [0.25, 0.3) is 0 Å². The van der Waals surface area contributed by atoms with Crippen LogP contribution < -0.4 is 0 Å². The van der Waals surface area contributed by atoms with Crippen molar-refractivity contribution in [1.29, 1.82) is 0 Å². The lowest BCUT2D eigenvalue weighted by Gasteiger charge is -2.20. The van der Waals surface area contributed by atoms with E-state index in [1.807, 2.05) is 13.8 Å². The first-order chi connectivity index (χ1) is 6.11. The zero-order chi connectivity index (χ0) is 9.84. The molecule has 1 fully saturated rings. The number of carboxylic acid groups (broad SMARTS) is 1. The van der Waals surface area contributed by atoms with Crippen molar-refractivity contribution in [1.82, 2.24) is 0 Å². The van der Waals surface area contributed by atoms with Gasteiger partial charge in [0.15, 0.2) is 0 Å². The highest BCUT2D eigenvalue weighted by Gasteiger charge is 2.31. The number of carboxylic acids is 1. The van der Waals surface area contributed by atoms with Crippen molar-refractivity contribution in [3.05, 3.63) is 0 Å². The number of rotatable bonds is 4. The van der Waals surface area contributed by atoms with Crippen LogP contribution in [-0.4, -0.2) is 23.8 Å². The van der Waals surface area contributed by atoms with Gasteiger partial charge < -0.3 is 9.84 Å². The van der Waals surface area contributed by atoms with Gasteiger partial charge in [-0.25, -0.2) is 0 Å². The first-order valence-electron chi connectivity index (χ1n) is 4.95. The maximum absolute atomic E-state index is 10.9. The predicted molar refractivity (Wildman–Crippen MR) is 49.6 cm³/mol. The van der Waals surface area contributed by atoms with Crippen molar-refractivity contribution in [2.75, 3.05) is 6.61 Å². The predicted octanol–water partition coefficient (Wildman–Crippen LogP) is 1.91. The third-order valence-electron chi connectivity index (χ3n) is 2.46. The molecule has 1 heterocycles. The summed E-state index contributed by atoms with van der Waals surface area (Å²) in [5.41, 5.74) is 0. The van der Waals surface area contributed by atoms with Gasteiger partial charge in [0, 0.05) is 6.61 Å². The Labute approximate surface area is 79.1 Å². The molecule has 0 radical (unpaired) electrons. The number of hydrogen-bond donors (Lipinski definition) is 1. The second-order valence-corrected chi connectivity index (χ2v) is 4.13. The maximum atomic E-state index is 10.9. The van der Waals surface area contributed by atoms with E-state index in [9.17, 15) is 4.79 Å². The van der Waals surface area contributed by atoms with E-state index in [2.05, 4.69) is 0 Å². The fourth-order valence-electron chi connectivity index (χ4n) is 1.84. The summed E-state index contributed by atoms with van der Waals surface area (Å²) in [5, 5.41) is 9.00. The third kappa shape index (κ3) is 2.99. The maximum Gasteiger partial charge on any atom is 0.309 e. The molecule has 1 saturated heterocycles. The normalized spacial score (nSPS) is 25.0. The topological polar surface area (TPSA) is 46.5 Å². The van der Waals surface area contributed by atoms with Gasteiger partial charge in [-0.15, -0.1) is 0 Å². The van der Waals surface area contributed by atoms with Crippen LogP contribution in [0.1, 0.15) is 33.1 Å². The van der Waals surface area contributed by atoms with E-state index in [1.54, 1.807) is 0 Å². The van der Waals surface area contributed by atoms with E-state index in [4.69, 9.17) is 9.84 Å². The van der Waals surface area contributed by atoms with Gasteiger partial charge in [-0.3, -0.25) is 4.79 Å². The van der Waals surface area contributed by atoms with Gasteiger partial charge >= 0.3 is 5.97 Å². The summed E-state index contributed by atoms with van der Waals surface area (Å²) in [5.74, 6) is -0.589. The number of ether oxygens (including phenoxy) is 1. The molecule has 0 aromatic carbocycles.